The van der Waals surface area contributed by atoms with E-state index in [1.54, 1.807) is 51.8 Å². The summed E-state index contributed by atoms with van der Waals surface area (Å²) in [4.78, 5) is 29.9. The zero-order valence-electron chi connectivity index (χ0n) is 20.5. The van der Waals surface area contributed by atoms with E-state index in [4.69, 9.17) is 14.2 Å². The van der Waals surface area contributed by atoms with Crippen LogP contribution in [-0.4, -0.2) is 59.1 Å². The molecule has 0 aliphatic heterocycles. The SMILES string of the molecule is CCOC(=O)c1cnc2ccc(N(C)Cc3cc(F)ccc3OCCNC(=O)OC(C)(C)C)nn12. The van der Waals surface area contributed by atoms with Crippen molar-refractivity contribution in [1.82, 2.24) is 19.9 Å². The van der Waals surface area contributed by atoms with Gasteiger partial charge in [-0.05, 0) is 58.0 Å². The summed E-state index contributed by atoms with van der Waals surface area (Å²) < 4.78 is 31.4. The lowest BCUT2D eigenvalue weighted by Crippen LogP contribution is -2.34. The number of aromatic nitrogens is 3. The molecule has 0 saturated heterocycles. The van der Waals surface area contributed by atoms with Crippen LogP contribution in [0.25, 0.3) is 5.65 Å². The quantitative estimate of drug-likeness (QED) is 0.361. The van der Waals surface area contributed by atoms with E-state index < -0.39 is 23.5 Å². The average molecular weight is 488 g/mol. The zero-order chi connectivity index (χ0) is 25.6. The van der Waals surface area contributed by atoms with Gasteiger partial charge in [0.05, 0.1) is 19.3 Å². The number of carbonyl (C=O) groups is 2. The van der Waals surface area contributed by atoms with Gasteiger partial charge in [0.15, 0.2) is 11.3 Å². The van der Waals surface area contributed by atoms with Gasteiger partial charge in [-0.1, -0.05) is 0 Å². The van der Waals surface area contributed by atoms with Gasteiger partial charge in [0.2, 0.25) is 0 Å². The second-order valence-corrected chi connectivity index (χ2v) is 8.71. The van der Waals surface area contributed by atoms with E-state index in [0.29, 0.717) is 22.8 Å². The first-order chi connectivity index (χ1) is 16.6. The number of hydrogen-bond donors (Lipinski definition) is 1. The first kappa shape index (κ1) is 25.7. The van der Waals surface area contributed by atoms with Crippen LogP contribution in [0.5, 0.6) is 5.75 Å². The van der Waals surface area contributed by atoms with Crippen molar-refractivity contribution < 1.29 is 28.2 Å². The van der Waals surface area contributed by atoms with Crippen molar-refractivity contribution in [2.24, 2.45) is 0 Å². The van der Waals surface area contributed by atoms with Crippen LogP contribution in [0.2, 0.25) is 0 Å². The highest BCUT2D eigenvalue weighted by Gasteiger charge is 2.17. The molecule has 1 N–H and O–H groups in total. The maximum Gasteiger partial charge on any atom is 0.407 e. The molecule has 3 aromatic rings. The first-order valence-corrected chi connectivity index (χ1v) is 11.2. The van der Waals surface area contributed by atoms with Crippen LogP contribution in [0.1, 0.15) is 43.7 Å². The molecule has 3 rings (SSSR count). The number of hydrogen-bond acceptors (Lipinski definition) is 8. The molecule has 10 nitrogen and oxygen atoms in total. The molecular formula is C24H30FN5O5. The predicted molar refractivity (Wildman–Crippen MR) is 127 cm³/mol. The highest BCUT2D eigenvalue weighted by Crippen LogP contribution is 2.23. The fourth-order valence-corrected chi connectivity index (χ4v) is 3.19. The van der Waals surface area contributed by atoms with Gasteiger partial charge in [-0.3, -0.25) is 0 Å². The van der Waals surface area contributed by atoms with Crippen molar-refractivity contribution in [1.29, 1.82) is 0 Å². The Labute approximate surface area is 203 Å². The molecule has 0 saturated carbocycles. The van der Waals surface area contributed by atoms with Crippen molar-refractivity contribution in [2.75, 3.05) is 31.7 Å². The van der Waals surface area contributed by atoms with Gasteiger partial charge < -0.3 is 24.4 Å². The third-order valence-electron chi connectivity index (χ3n) is 4.68. The average Bonchev–Trinajstić information content (AvgIpc) is 3.20. The number of imidazole rings is 1. The van der Waals surface area contributed by atoms with Crippen molar-refractivity contribution in [2.45, 2.75) is 39.8 Å². The molecule has 0 bridgehead atoms. The molecule has 0 spiro atoms. The van der Waals surface area contributed by atoms with Crippen LogP contribution < -0.4 is 15.0 Å². The van der Waals surface area contributed by atoms with E-state index in [1.807, 2.05) is 0 Å². The normalized spacial score (nSPS) is 11.3. The number of amides is 1. The van der Waals surface area contributed by atoms with Crippen molar-refractivity contribution in [3.8, 4) is 5.75 Å². The minimum absolute atomic E-state index is 0.170. The number of ether oxygens (including phenoxy) is 3. The summed E-state index contributed by atoms with van der Waals surface area (Å²) >= 11 is 0. The smallest absolute Gasteiger partial charge is 0.407 e. The first-order valence-electron chi connectivity index (χ1n) is 11.2. The minimum Gasteiger partial charge on any atom is -0.491 e. The van der Waals surface area contributed by atoms with Crippen LogP contribution in [0.4, 0.5) is 15.0 Å². The number of esters is 1. The van der Waals surface area contributed by atoms with Crippen molar-refractivity contribution in [3.63, 3.8) is 0 Å². The number of halogens is 1. The molecule has 0 aliphatic rings. The molecule has 0 radical (unpaired) electrons. The minimum atomic E-state index is -0.593. The Bertz CT molecular complexity index is 1190. The number of nitrogens with zero attached hydrogens (tertiary/aromatic N) is 4. The number of nitrogens with one attached hydrogen (secondary N) is 1. The predicted octanol–water partition coefficient (Wildman–Crippen LogP) is 3.59. The number of fused-ring (bicyclic) bond motifs is 1. The molecule has 0 aliphatic carbocycles. The molecule has 35 heavy (non-hydrogen) atoms. The largest absolute Gasteiger partial charge is 0.491 e. The molecule has 11 heteroatoms. The number of carbonyl (C=O) groups excluding carboxylic acids is 2. The number of alkyl carbamates (subject to hydrolysis) is 1. The van der Waals surface area contributed by atoms with Gasteiger partial charge in [-0.15, -0.1) is 5.10 Å². The Kier molecular flexibility index (Phi) is 8.10. The summed E-state index contributed by atoms with van der Waals surface area (Å²) in [5, 5.41) is 7.11. The zero-order valence-corrected chi connectivity index (χ0v) is 20.5. The highest BCUT2D eigenvalue weighted by molar-refractivity contribution is 5.88. The third kappa shape index (κ3) is 7.05. The summed E-state index contributed by atoms with van der Waals surface area (Å²) in [5.41, 5.74) is 0.703. The molecular weight excluding hydrogens is 457 g/mol. The lowest BCUT2D eigenvalue weighted by molar-refractivity contribution is 0.0508. The third-order valence-corrected chi connectivity index (χ3v) is 4.68. The molecule has 1 amide bonds. The molecule has 2 aromatic heterocycles. The van der Waals surface area contributed by atoms with Crippen LogP contribution in [0.15, 0.2) is 36.5 Å². The van der Waals surface area contributed by atoms with Crippen LogP contribution in [-0.2, 0) is 16.0 Å². The molecule has 2 heterocycles. The summed E-state index contributed by atoms with van der Waals surface area (Å²) in [7, 11) is 1.79. The highest BCUT2D eigenvalue weighted by atomic mass is 19.1. The lowest BCUT2D eigenvalue weighted by atomic mass is 10.2. The second-order valence-electron chi connectivity index (χ2n) is 8.71. The van der Waals surface area contributed by atoms with Crippen LogP contribution in [0.3, 0.4) is 0 Å². The van der Waals surface area contributed by atoms with E-state index in [9.17, 15) is 14.0 Å². The van der Waals surface area contributed by atoms with Crippen molar-refractivity contribution >= 4 is 23.5 Å². The summed E-state index contributed by atoms with van der Waals surface area (Å²) in [6, 6.07) is 7.71. The van der Waals surface area contributed by atoms with Gasteiger partial charge in [0.25, 0.3) is 0 Å². The Hall–Kier alpha value is -3.89. The second kappa shape index (κ2) is 11.0. The topological polar surface area (TPSA) is 107 Å². The van der Waals surface area contributed by atoms with Gasteiger partial charge in [-0.2, -0.15) is 0 Å². The Morgan fingerprint density at radius 1 is 1.20 bits per heavy atom. The Morgan fingerprint density at radius 3 is 2.69 bits per heavy atom. The molecule has 0 atom stereocenters. The van der Waals surface area contributed by atoms with Gasteiger partial charge in [0, 0.05) is 19.2 Å². The van der Waals surface area contributed by atoms with E-state index in [2.05, 4.69) is 15.4 Å². The molecule has 0 fully saturated rings. The number of benzene rings is 1. The van der Waals surface area contributed by atoms with Crippen LogP contribution >= 0.6 is 0 Å². The Balaban J connectivity index is 1.69. The standard InChI is InChI=1S/C24H30FN5O5/c1-6-33-22(31)18-14-27-20-9-10-21(28-30(18)20)29(5)15-16-13-17(25)7-8-19(16)34-12-11-26-23(32)35-24(2,3)4/h7-10,13-14H,6,11-12,15H2,1-5H3,(H,26,32). The summed E-state index contributed by atoms with van der Waals surface area (Å²) in [5.74, 6) is 0.0753. The number of anilines is 1. The van der Waals surface area contributed by atoms with Gasteiger partial charge in [-0.25, -0.2) is 23.5 Å². The summed E-state index contributed by atoms with van der Waals surface area (Å²) in [6.45, 7) is 7.96. The monoisotopic (exact) mass is 487 g/mol. The van der Waals surface area contributed by atoms with E-state index >= 15 is 0 Å². The molecule has 1 aromatic carbocycles. The van der Waals surface area contributed by atoms with Crippen LogP contribution in [0, 0.1) is 5.82 Å². The lowest BCUT2D eigenvalue weighted by Gasteiger charge is -2.21. The van der Waals surface area contributed by atoms with Gasteiger partial charge >= 0.3 is 12.1 Å². The van der Waals surface area contributed by atoms with E-state index in [0.717, 1.165) is 0 Å². The molecule has 188 valence electrons. The fourth-order valence-electron chi connectivity index (χ4n) is 3.19. The summed E-state index contributed by atoms with van der Waals surface area (Å²) in [6.07, 6.45) is 0.872. The maximum absolute atomic E-state index is 14.0. The number of rotatable bonds is 9. The van der Waals surface area contributed by atoms with E-state index in [-0.39, 0.29) is 32.0 Å². The molecule has 0 unspecified atom stereocenters. The fraction of sp³-hybridized carbons (Fsp3) is 0.417. The van der Waals surface area contributed by atoms with Crippen molar-refractivity contribution in [3.05, 3.63) is 53.6 Å². The van der Waals surface area contributed by atoms with E-state index in [1.165, 1.54) is 28.9 Å². The Morgan fingerprint density at radius 2 is 1.97 bits per heavy atom. The van der Waals surface area contributed by atoms with Gasteiger partial charge in [0.1, 0.15) is 29.6 Å². The maximum atomic E-state index is 14.0.